The number of rotatable bonds is 9. The van der Waals surface area contributed by atoms with Crippen LogP contribution in [0.5, 0.6) is 0 Å². The summed E-state index contributed by atoms with van der Waals surface area (Å²) >= 11 is 1.80. The highest BCUT2D eigenvalue weighted by Crippen LogP contribution is 2.35. The highest BCUT2D eigenvalue weighted by atomic mass is 32.1. The smallest absolute Gasteiger partial charge is 0.137 e. The monoisotopic (exact) mass is 483 g/mol. The van der Waals surface area contributed by atoms with Crippen molar-refractivity contribution in [2.45, 2.75) is 70.3 Å². The Balaban J connectivity index is 0.981. The second kappa shape index (κ2) is 11.5. The van der Waals surface area contributed by atoms with E-state index in [1.54, 1.807) is 18.4 Å². The summed E-state index contributed by atoms with van der Waals surface area (Å²) in [6.45, 7) is 5.64. The Labute approximate surface area is 208 Å². The molecule has 5 rings (SSSR count). The van der Waals surface area contributed by atoms with Gasteiger partial charge >= 0.3 is 0 Å². The zero-order valence-corrected chi connectivity index (χ0v) is 21.6. The van der Waals surface area contributed by atoms with Crippen LogP contribution in [-0.4, -0.2) is 61.6 Å². The Bertz CT molecular complexity index is 931. The molecule has 0 spiro atoms. The second-order valence-electron chi connectivity index (χ2n) is 11.0. The molecule has 2 aromatic heterocycles. The van der Waals surface area contributed by atoms with Gasteiger partial charge in [0.15, 0.2) is 0 Å². The molecule has 6 heteroatoms. The third-order valence-electron chi connectivity index (χ3n) is 8.71. The highest BCUT2D eigenvalue weighted by molar-refractivity contribution is 7.17. The minimum Gasteiger partial charge on any atom is -0.381 e. The Morgan fingerprint density at radius 1 is 1.00 bits per heavy atom. The van der Waals surface area contributed by atoms with Gasteiger partial charge in [0.2, 0.25) is 0 Å². The number of fused-ring (bicyclic) bond motifs is 1. The number of aromatic nitrogens is 1. The molecule has 0 radical (unpaired) electrons. The van der Waals surface area contributed by atoms with Crippen molar-refractivity contribution in [2.24, 2.45) is 17.8 Å². The predicted octanol–water partition coefficient (Wildman–Crippen LogP) is 5.78. The second-order valence-corrected chi connectivity index (χ2v) is 11.9. The largest absolute Gasteiger partial charge is 0.381 e. The number of pyridine rings is 1. The number of ether oxygens (including phenoxy) is 1. The molecule has 186 valence electrons. The van der Waals surface area contributed by atoms with Crippen LogP contribution in [0.4, 0.5) is 5.82 Å². The summed E-state index contributed by atoms with van der Waals surface area (Å²) < 4.78 is 6.81. The lowest BCUT2D eigenvalue weighted by Crippen LogP contribution is -2.47. The molecule has 3 fully saturated rings. The number of hydrogen-bond donors (Lipinski definition) is 0. The van der Waals surface area contributed by atoms with Gasteiger partial charge in [0, 0.05) is 62.4 Å². The average molecular weight is 484 g/mol. The molecule has 0 N–H and O–H groups in total. The summed E-state index contributed by atoms with van der Waals surface area (Å²) in [5, 5.41) is 3.47. The van der Waals surface area contributed by atoms with Gasteiger partial charge in [-0.1, -0.05) is 12.8 Å². The first-order valence-electron chi connectivity index (χ1n) is 13.5. The summed E-state index contributed by atoms with van der Waals surface area (Å²) in [5.74, 6) is 3.73. The fourth-order valence-electron chi connectivity index (χ4n) is 6.56. The maximum Gasteiger partial charge on any atom is 0.137 e. The predicted molar refractivity (Wildman–Crippen MR) is 141 cm³/mol. The van der Waals surface area contributed by atoms with Crippen molar-refractivity contribution in [1.29, 1.82) is 0 Å². The molecule has 0 aromatic carbocycles. The third kappa shape index (κ3) is 6.00. The maximum atomic E-state index is 12.6. The van der Waals surface area contributed by atoms with E-state index >= 15 is 0 Å². The van der Waals surface area contributed by atoms with Crippen LogP contribution in [0.2, 0.25) is 0 Å². The molecule has 2 saturated carbocycles. The summed E-state index contributed by atoms with van der Waals surface area (Å²) in [6.07, 6.45) is 13.8. The first-order chi connectivity index (χ1) is 16.7. The normalized spacial score (nSPS) is 28.6. The van der Waals surface area contributed by atoms with Gasteiger partial charge in [-0.05, 0) is 80.3 Å². The lowest BCUT2D eigenvalue weighted by Gasteiger charge is -2.37. The van der Waals surface area contributed by atoms with Crippen molar-refractivity contribution in [1.82, 2.24) is 9.88 Å². The van der Waals surface area contributed by atoms with E-state index in [1.165, 1.54) is 55.2 Å². The Hall–Kier alpha value is -1.50. The quantitative estimate of drug-likeness (QED) is 0.452. The van der Waals surface area contributed by atoms with Crippen LogP contribution >= 0.6 is 11.3 Å². The first-order valence-corrected chi connectivity index (χ1v) is 14.4. The van der Waals surface area contributed by atoms with Crippen molar-refractivity contribution >= 4 is 33.0 Å². The van der Waals surface area contributed by atoms with Crippen LogP contribution in [0.3, 0.4) is 0 Å². The lowest BCUT2D eigenvalue weighted by molar-refractivity contribution is -0.121. The summed E-state index contributed by atoms with van der Waals surface area (Å²) in [4.78, 5) is 22.4. The number of hydrogen-bond acceptors (Lipinski definition) is 6. The van der Waals surface area contributed by atoms with Crippen molar-refractivity contribution in [3.8, 4) is 0 Å². The molecule has 3 aliphatic rings. The number of Topliss-reactive ketones (excluding diaryl/α,β-unsaturated/α-hetero) is 1. The van der Waals surface area contributed by atoms with Gasteiger partial charge in [0.05, 0.1) is 6.10 Å². The van der Waals surface area contributed by atoms with E-state index in [-0.39, 0.29) is 0 Å². The molecular weight excluding hydrogens is 442 g/mol. The fourth-order valence-corrected chi connectivity index (χ4v) is 7.34. The first kappa shape index (κ1) is 24.2. The van der Waals surface area contributed by atoms with Gasteiger partial charge in [0.1, 0.15) is 11.6 Å². The van der Waals surface area contributed by atoms with E-state index in [2.05, 4.69) is 27.3 Å². The van der Waals surface area contributed by atoms with Crippen molar-refractivity contribution in [2.75, 3.05) is 44.7 Å². The molecule has 0 unspecified atom stereocenters. The Morgan fingerprint density at radius 3 is 2.50 bits per heavy atom. The van der Waals surface area contributed by atoms with E-state index in [0.717, 1.165) is 63.6 Å². The maximum absolute atomic E-state index is 12.6. The summed E-state index contributed by atoms with van der Waals surface area (Å²) in [7, 11) is 1.80. The van der Waals surface area contributed by atoms with E-state index in [0.29, 0.717) is 23.7 Å². The molecule has 2 aromatic rings. The van der Waals surface area contributed by atoms with E-state index in [9.17, 15) is 4.79 Å². The highest BCUT2D eigenvalue weighted by Gasteiger charge is 2.29. The Kier molecular flexibility index (Phi) is 8.18. The van der Waals surface area contributed by atoms with Crippen LogP contribution in [0.15, 0.2) is 23.7 Å². The van der Waals surface area contributed by atoms with Crippen molar-refractivity contribution in [3.05, 3.63) is 23.7 Å². The number of nitrogens with zero attached hydrogens (tertiary/aromatic N) is 3. The van der Waals surface area contributed by atoms with Crippen molar-refractivity contribution in [3.63, 3.8) is 0 Å². The van der Waals surface area contributed by atoms with Crippen LogP contribution < -0.4 is 4.90 Å². The van der Waals surface area contributed by atoms with Gasteiger partial charge in [0.25, 0.3) is 0 Å². The number of thiophene rings is 1. The number of carbonyl (C=O) groups is 1. The number of piperazine rings is 1. The molecule has 34 heavy (non-hydrogen) atoms. The SMILES string of the molecule is CO[C@@H]1CC[C@@H](CC(=O)CC2CCC(CCN3CCN(c4nccc5sccc45)CC3)CC2)C1. The zero-order chi connectivity index (χ0) is 23.3. The molecule has 1 saturated heterocycles. The fraction of sp³-hybridized carbons (Fsp3) is 0.714. The minimum absolute atomic E-state index is 0.392. The van der Waals surface area contributed by atoms with Crippen LogP contribution in [0.25, 0.3) is 10.1 Å². The number of anilines is 1. The molecule has 2 aliphatic carbocycles. The number of carbonyl (C=O) groups excluding carboxylic acids is 1. The van der Waals surface area contributed by atoms with E-state index in [4.69, 9.17) is 9.72 Å². The van der Waals surface area contributed by atoms with Gasteiger partial charge in [-0.25, -0.2) is 4.98 Å². The molecule has 1 aliphatic heterocycles. The standard InChI is InChI=1S/C28H41N3O2S/c1-33-25-7-6-23(20-25)19-24(32)18-22-4-2-21(3-5-22)9-12-30-13-15-31(16-14-30)28-26-10-17-34-27(26)8-11-29-28/h8,10-11,17,21-23,25H,2-7,9,12-16,18-20H2,1H3/t21?,22?,23-,25+/m0/s1. The van der Waals surface area contributed by atoms with Gasteiger partial charge in [-0.2, -0.15) is 0 Å². The van der Waals surface area contributed by atoms with E-state index < -0.39 is 0 Å². The molecular formula is C28H41N3O2S. The molecule has 0 bridgehead atoms. The minimum atomic E-state index is 0.392. The van der Waals surface area contributed by atoms with Gasteiger partial charge in [-0.15, -0.1) is 11.3 Å². The Morgan fingerprint density at radius 2 is 1.74 bits per heavy atom. The van der Waals surface area contributed by atoms with E-state index in [1.807, 2.05) is 6.20 Å². The number of methoxy groups -OCH3 is 1. The van der Waals surface area contributed by atoms with Crippen LogP contribution in [0, 0.1) is 17.8 Å². The molecule has 5 nitrogen and oxygen atoms in total. The molecule has 0 amide bonds. The molecule has 2 atom stereocenters. The van der Waals surface area contributed by atoms with Gasteiger partial charge < -0.3 is 9.64 Å². The lowest BCUT2D eigenvalue weighted by atomic mass is 9.78. The zero-order valence-electron chi connectivity index (χ0n) is 20.8. The van der Waals surface area contributed by atoms with Crippen LogP contribution in [0.1, 0.15) is 64.2 Å². The topological polar surface area (TPSA) is 45.7 Å². The molecule has 3 heterocycles. The third-order valence-corrected chi connectivity index (χ3v) is 9.59. The van der Waals surface area contributed by atoms with Crippen LogP contribution in [-0.2, 0) is 9.53 Å². The van der Waals surface area contributed by atoms with Crippen molar-refractivity contribution < 1.29 is 9.53 Å². The number of ketones is 1. The average Bonchev–Trinajstić information content (AvgIpc) is 3.53. The summed E-state index contributed by atoms with van der Waals surface area (Å²) in [6, 6.07) is 4.33. The summed E-state index contributed by atoms with van der Waals surface area (Å²) in [5.41, 5.74) is 0. The van der Waals surface area contributed by atoms with Gasteiger partial charge in [-0.3, -0.25) is 9.69 Å².